The molecule has 0 aliphatic heterocycles. The molecule has 1 atom stereocenters. The molecule has 1 unspecified atom stereocenters. The number of hydrogen-bond acceptors (Lipinski definition) is 6. The molecule has 0 aliphatic rings. The van der Waals surface area contributed by atoms with Gasteiger partial charge >= 0.3 is 17.9 Å². The third-order valence-corrected chi connectivity index (χ3v) is 8.53. The number of ether oxygens (including phenoxy) is 3. The van der Waals surface area contributed by atoms with E-state index >= 15 is 0 Å². The maximum Gasteiger partial charge on any atom is 0.309 e. The Bertz CT molecular complexity index is 1210. The van der Waals surface area contributed by atoms with Crippen molar-refractivity contribution in [3.05, 3.63) is 109 Å². The van der Waals surface area contributed by atoms with E-state index in [-0.39, 0.29) is 38.0 Å². The van der Waals surface area contributed by atoms with E-state index in [0.29, 0.717) is 6.42 Å². The van der Waals surface area contributed by atoms with Crippen LogP contribution in [0.2, 0.25) is 0 Å². The molecule has 0 aliphatic carbocycles. The molecule has 0 aromatic rings. The summed E-state index contributed by atoms with van der Waals surface area (Å²) in [5, 5.41) is 0. The Labute approximate surface area is 342 Å². The summed E-state index contributed by atoms with van der Waals surface area (Å²) in [5.74, 6) is -1.12. The van der Waals surface area contributed by atoms with E-state index in [2.05, 4.69) is 118 Å². The van der Waals surface area contributed by atoms with Crippen molar-refractivity contribution in [2.75, 3.05) is 13.2 Å². The SMILES string of the molecule is CC/C=C\C/C=C\C/C=C\C/C=C\C/C=C\CCCCCC(=O)OCC(COC(=O)C/C=C\C/C=C\C/C=C\CC)OC(=O)CCCCCC/C=C\CCCC. The molecule has 56 heavy (non-hydrogen) atoms. The average molecular weight is 775 g/mol. The van der Waals surface area contributed by atoms with Crippen molar-refractivity contribution in [3.8, 4) is 0 Å². The predicted octanol–water partition coefficient (Wildman–Crippen LogP) is 14.0. The number of esters is 3. The molecular formula is C50H78O6. The van der Waals surface area contributed by atoms with Crippen molar-refractivity contribution in [3.63, 3.8) is 0 Å². The second-order valence-electron chi connectivity index (χ2n) is 13.8. The van der Waals surface area contributed by atoms with Crippen LogP contribution in [0.5, 0.6) is 0 Å². The quantitative estimate of drug-likeness (QED) is 0.0271. The molecule has 0 heterocycles. The fraction of sp³-hybridized carbons (Fsp3) is 0.580. The predicted molar refractivity (Wildman–Crippen MR) is 237 cm³/mol. The van der Waals surface area contributed by atoms with Gasteiger partial charge in [-0.15, -0.1) is 0 Å². The van der Waals surface area contributed by atoms with E-state index < -0.39 is 12.1 Å². The van der Waals surface area contributed by atoms with Gasteiger partial charge in [0.25, 0.3) is 0 Å². The first-order valence-corrected chi connectivity index (χ1v) is 21.9. The summed E-state index contributed by atoms with van der Waals surface area (Å²) in [7, 11) is 0. The van der Waals surface area contributed by atoms with Crippen molar-refractivity contribution in [1.29, 1.82) is 0 Å². The van der Waals surface area contributed by atoms with Crippen LogP contribution < -0.4 is 0 Å². The van der Waals surface area contributed by atoms with Gasteiger partial charge in [0.2, 0.25) is 0 Å². The van der Waals surface area contributed by atoms with Crippen LogP contribution in [-0.4, -0.2) is 37.2 Å². The molecule has 0 saturated heterocycles. The van der Waals surface area contributed by atoms with Gasteiger partial charge in [-0.1, -0.05) is 162 Å². The number of carbonyl (C=O) groups excluding carboxylic acids is 3. The van der Waals surface area contributed by atoms with Crippen molar-refractivity contribution in [2.45, 2.75) is 175 Å². The number of rotatable bonds is 37. The minimum absolute atomic E-state index is 0.122. The van der Waals surface area contributed by atoms with Crippen molar-refractivity contribution < 1.29 is 28.6 Å². The molecule has 0 fully saturated rings. The van der Waals surface area contributed by atoms with Gasteiger partial charge in [-0.2, -0.15) is 0 Å². The third-order valence-electron chi connectivity index (χ3n) is 8.53. The third kappa shape index (κ3) is 41.2. The largest absolute Gasteiger partial charge is 0.462 e. The van der Waals surface area contributed by atoms with E-state index in [1.165, 1.54) is 12.8 Å². The van der Waals surface area contributed by atoms with Crippen LogP contribution in [0.15, 0.2) is 109 Å². The van der Waals surface area contributed by atoms with Crippen LogP contribution in [0.25, 0.3) is 0 Å². The molecule has 0 aromatic heterocycles. The Morgan fingerprint density at radius 1 is 0.393 bits per heavy atom. The first kappa shape index (κ1) is 52.1. The molecule has 0 radical (unpaired) electrons. The summed E-state index contributed by atoms with van der Waals surface area (Å²) >= 11 is 0. The fourth-order valence-electron chi connectivity index (χ4n) is 5.27. The van der Waals surface area contributed by atoms with Gasteiger partial charge in [0, 0.05) is 12.8 Å². The Kier molecular flexibility index (Phi) is 40.7. The maximum absolute atomic E-state index is 12.6. The highest BCUT2D eigenvalue weighted by atomic mass is 16.6. The number of carbonyl (C=O) groups is 3. The lowest BCUT2D eigenvalue weighted by molar-refractivity contribution is -0.166. The van der Waals surface area contributed by atoms with Crippen LogP contribution in [0.1, 0.15) is 168 Å². The highest BCUT2D eigenvalue weighted by Crippen LogP contribution is 2.10. The minimum atomic E-state index is -0.831. The van der Waals surface area contributed by atoms with Gasteiger partial charge < -0.3 is 14.2 Å². The molecule has 0 saturated carbocycles. The Morgan fingerprint density at radius 3 is 1.27 bits per heavy atom. The highest BCUT2D eigenvalue weighted by Gasteiger charge is 2.19. The number of allylic oxidation sites excluding steroid dienone is 17. The molecule has 0 N–H and O–H groups in total. The van der Waals surface area contributed by atoms with Crippen LogP contribution >= 0.6 is 0 Å². The molecule has 0 amide bonds. The average Bonchev–Trinajstić information content (AvgIpc) is 3.19. The van der Waals surface area contributed by atoms with E-state index in [1.54, 1.807) is 6.08 Å². The molecular weight excluding hydrogens is 697 g/mol. The zero-order valence-electron chi connectivity index (χ0n) is 35.6. The van der Waals surface area contributed by atoms with Crippen LogP contribution in [-0.2, 0) is 28.6 Å². The Hall–Kier alpha value is -3.93. The number of unbranched alkanes of at least 4 members (excludes halogenated alkanes) is 9. The standard InChI is InChI=1S/C50H78O6/c1-4-7-10-13-16-19-21-22-23-24-25-26-27-28-29-32-34-37-40-43-49(52)55-46-47(45-54-48(51)42-39-36-33-30-18-15-12-9-6-3)56-50(53)44-41-38-35-31-20-17-14-11-8-5-2/h7,9-10,12,14,16-19,22-23,25-26,28-30,36,39,47H,4-6,8,11,13,15,20-21,24,27,31-35,37-38,40-46H2,1-3H3/b10-7-,12-9-,17-14-,19-16-,23-22-,26-25-,29-28-,30-18-,39-36-. The lowest BCUT2D eigenvalue weighted by Gasteiger charge is -2.18. The van der Waals surface area contributed by atoms with E-state index in [9.17, 15) is 14.4 Å². The first-order valence-electron chi connectivity index (χ1n) is 21.9. The lowest BCUT2D eigenvalue weighted by atomic mass is 10.1. The molecule has 0 spiro atoms. The second-order valence-corrected chi connectivity index (χ2v) is 13.8. The molecule has 6 heteroatoms. The summed E-state index contributed by atoms with van der Waals surface area (Å²) in [6.07, 6.45) is 58.3. The zero-order valence-corrected chi connectivity index (χ0v) is 35.6. The van der Waals surface area contributed by atoms with Crippen LogP contribution in [0.4, 0.5) is 0 Å². The normalized spacial score (nSPS) is 13.1. The maximum atomic E-state index is 12.6. The molecule has 314 valence electrons. The smallest absolute Gasteiger partial charge is 0.309 e. The molecule has 0 aromatic carbocycles. The van der Waals surface area contributed by atoms with Gasteiger partial charge in [-0.25, -0.2) is 0 Å². The minimum Gasteiger partial charge on any atom is -0.462 e. The van der Waals surface area contributed by atoms with E-state index in [1.807, 2.05) is 6.08 Å². The van der Waals surface area contributed by atoms with Gasteiger partial charge in [-0.3, -0.25) is 14.4 Å². The summed E-state index contributed by atoms with van der Waals surface area (Å²) in [6, 6.07) is 0. The molecule has 0 bridgehead atoms. The lowest BCUT2D eigenvalue weighted by Crippen LogP contribution is -2.30. The summed E-state index contributed by atoms with van der Waals surface area (Å²) < 4.78 is 16.5. The molecule has 0 rings (SSSR count). The van der Waals surface area contributed by atoms with Crippen molar-refractivity contribution >= 4 is 17.9 Å². The number of hydrogen-bond donors (Lipinski definition) is 0. The summed E-state index contributed by atoms with van der Waals surface area (Å²) in [6.45, 7) is 6.18. The summed E-state index contributed by atoms with van der Waals surface area (Å²) in [4.78, 5) is 37.5. The van der Waals surface area contributed by atoms with Gasteiger partial charge in [0.15, 0.2) is 6.10 Å². The van der Waals surface area contributed by atoms with Gasteiger partial charge in [-0.05, 0) is 96.3 Å². The van der Waals surface area contributed by atoms with Crippen molar-refractivity contribution in [2.24, 2.45) is 0 Å². The van der Waals surface area contributed by atoms with Gasteiger partial charge in [0.05, 0.1) is 6.42 Å². The summed E-state index contributed by atoms with van der Waals surface area (Å²) in [5.41, 5.74) is 0. The van der Waals surface area contributed by atoms with Crippen molar-refractivity contribution in [1.82, 2.24) is 0 Å². The second kappa shape index (κ2) is 43.8. The van der Waals surface area contributed by atoms with E-state index in [4.69, 9.17) is 14.2 Å². The van der Waals surface area contributed by atoms with Crippen LogP contribution in [0, 0.1) is 0 Å². The monoisotopic (exact) mass is 775 g/mol. The topological polar surface area (TPSA) is 78.9 Å². The van der Waals surface area contributed by atoms with E-state index in [0.717, 1.165) is 116 Å². The fourth-order valence-corrected chi connectivity index (χ4v) is 5.27. The Balaban J connectivity index is 4.47. The highest BCUT2D eigenvalue weighted by molar-refractivity contribution is 5.72. The zero-order chi connectivity index (χ0) is 40.8. The first-order chi connectivity index (χ1) is 27.5. The van der Waals surface area contributed by atoms with Gasteiger partial charge in [0.1, 0.15) is 13.2 Å². The van der Waals surface area contributed by atoms with Crippen LogP contribution in [0.3, 0.4) is 0 Å². The molecule has 6 nitrogen and oxygen atoms in total. The Morgan fingerprint density at radius 2 is 0.768 bits per heavy atom.